The molecule has 4 nitrogen and oxygen atoms in total. The smallest absolute Gasteiger partial charge is 0.324 e. The third-order valence-corrected chi connectivity index (χ3v) is 3.14. The van der Waals surface area contributed by atoms with Gasteiger partial charge < -0.3 is 15.0 Å². The average Bonchev–Trinajstić information content (AvgIpc) is 2.34. The van der Waals surface area contributed by atoms with Gasteiger partial charge in [-0.15, -0.1) is 0 Å². The summed E-state index contributed by atoms with van der Waals surface area (Å²) >= 11 is 0. The van der Waals surface area contributed by atoms with Crippen LogP contribution < -0.4 is 5.32 Å². The SMILES string of the molecule is CCCNC(CN(C)C(C)CCC)C(=O)OCC. The van der Waals surface area contributed by atoms with Crippen LogP contribution in [0.1, 0.15) is 47.0 Å². The molecule has 0 aromatic carbocycles. The van der Waals surface area contributed by atoms with Gasteiger partial charge in [0.15, 0.2) is 0 Å². The Kier molecular flexibility index (Phi) is 9.98. The Morgan fingerprint density at radius 1 is 1.28 bits per heavy atom. The van der Waals surface area contributed by atoms with Gasteiger partial charge in [0.25, 0.3) is 0 Å². The molecule has 4 heteroatoms. The van der Waals surface area contributed by atoms with E-state index in [1.807, 2.05) is 6.92 Å². The number of rotatable bonds is 10. The fraction of sp³-hybridized carbons (Fsp3) is 0.929. The predicted molar refractivity (Wildman–Crippen MR) is 75.7 cm³/mol. The van der Waals surface area contributed by atoms with Crippen LogP contribution in [0.15, 0.2) is 0 Å². The number of nitrogens with zero attached hydrogens (tertiary/aromatic N) is 1. The molecular weight excluding hydrogens is 228 g/mol. The zero-order valence-electron chi connectivity index (χ0n) is 12.7. The van der Waals surface area contributed by atoms with Gasteiger partial charge in [-0.05, 0) is 40.3 Å². The van der Waals surface area contributed by atoms with E-state index in [1.54, 1.807) is 0 Å². The molecule has 0 aliphatic rings. The number of hydrogen-bond donors (Lipinski definition) is 1. The Morgan fingerprint density at radius 3 is 2.44 bits per heavy atom. The van der Waals surface area contributed by atoms with Crippen LogP contribution in [0.2, 0.25) is 0 Å². The van der Waals surface area contributed by atoms with Crippen molar-refractivity contribution < 1.29 is 9.53 Å². The van der Waals surface area contributed by atoms with Gasteiger partial charge in [0, 0.05) is 12.6 Å². The van der Waals surface area contributed by atoms with Crippen LogP contribution in [0.25, 0.3) is 0 Å². The molecule has 18 heavy (non-hydrogen) atoms. The van der Waals surface area contributed by atoms with Crippen LogP contribution in [-0.2, 0) is 9.53 Å². The maximum atomic E-state index is 11.9. The third-order valence-electron chi connectivity index (χ3n) is 3.14. The van der Waals surface area contributed by atoms with Crippen LogP contribution in [0, 0.1) is 0 Å². The predicted octanol–water partition coefficient (Wildman–Crippen LogP) is 2.04. The first-order chi connectivity index (χ1) is 8.56. The van der Waals surface area contributed by atoms with Crippen molar-refractivity contribution in [2.75, 3.05) is 26.7 Å². The van der Waals surface area contributed by atoms with Gasteiger partial charge in [-0.2, -0.15) is 0 Å². The Hall–Kier alpha value is -0.610. The Balaban J connectivity index is 4.33. The second-order valence-electron chi connectivity index (χ2n) is 4.84. The molecule has 2 unspecified atom stereocenters. The van der Waals surface area contributed by atoms with Crippen molar-refractivity contribution in [2.45, 2.75) is 59.0 Å². The standard InChI is InChI=1S/C14H30N2O2/c1-6-9-12(4)16(5)11-13(15-10-7-2)14(17)18-8-3/h12-13,15H,6-11H2,1-5H3. The average molecular weight is 258 g/mol. The van der Waals surface area contributed by atoms with Gasteiger partial charge in [-0.3, -0.25) is 4.79 Å². The molecule has 0 rings (SSSR count). The largest absolute Gasteiger partial charge is 0.465 e. The number of carbonyl (C=O) groups is 1. The summed E-state index contributed by atoms with van der Waals surface area (Å²) < 4.78 is 5.11. The molecule has 0 amide bonds. The van der Waals surface area contributed by atoms with E-state index in [-0.39, 0.29) is 12.0 Å². The van der Waals surface area contributed by atoms with E-state index >= 15 is 0 Å². The lowest BCUT2D eigenvalue weighted by Gasteiger charge is -2.28. The van der Waals surface area contributed by atoms with E-state index in [9.17, 15) is 4.79 Å². The highest BCUT2D eigenvalue weighted by Gasteiger charge is 2.22. The fourth-order valence-corrected chi connectivity index (χ4v) is 1.89. The number of ether oxygens (including phenoxy) is 1. The van der Waals surface area contributed by atoms with Crippen molar-refractivity contribution in [3.63, 3.8) is 0 Å². The zero-order chi connectivity index (χ0) is 14.0. The Bertz CT molecular complexity index is 222. The molecule has 0 aliphatic carbocycles. The highest BCUT2D eigenvalue weighted by Crippen LogP contribution is 2.05. The fourth-order valence-electron chi connectivity index (χ4n) is 1.89. The van der Waals surface area contributed by atoms with Gasteiger partial charge in [-0.25, -0.2) is 0 Å². The molecule has 0 heterocycles. The quantitative estimate of drug-likeness (QED) is 0.609. The first-order valence-corrected chi connectivity index (χ1v) is 7.16. The summed E-state index contributed by atoms with van der Waals surface area (Å²) in [6.45, 7) is 10.3. The minimum atomic E-state index is -0.214. The van der Waals surface area contributed by atoms with E-state index in [2.05, 4.69) is 38.0 Å². The van der Waals surface area contributed by atoms with Crippen molar-refractivity contribution in [3.8, 4) is 0 Å². The summed E-state index contributed by atoms with van der Waals surface area (Å²) in [6.07, 6.45) is 3.34. The normalized spacial score (nSPS) is 14.6. The molecule has 0 spiro atoms. The molecule has 1 N–H and O–H groups in total. The minimum absolute atomic E-state index is 0.138. The first kappa shape index (κ1) is 17.4. The van der Waals surface area contributed by atoms with E-state index < -0.39 is 0 Å². The summed E-state index contributed by atoms with van der Waals surface area (Å²) in [5.74, 6) is -0.138. The maximum absolute atomic E-state index is 11.9. The summed E-state index contributed by atoms with van der Waals surface area (Å²) in [5.41, 5.74) is 0. The minimum Gasteiger partial charge on any atom is -0.465 e. The molecule has 0 saturated heterocycles. The van der Waals surface area contributed by atoms with Crippen LogP contribution in [0.4, 0.5) is 0 Å². The van der Waals surface area contributed by atoms with Gasteiger partial charge in [-0.1, -0.05) is 20.3 Å². The molecule has 0 aromatic rings. The molecular formula is C14H30N2O2. The van der Waals surface area contributed by atoms with Gasteiger partial charge in [0.2, 0.25) is 0 Å². The number of likely N-dealkylation sites (N-methyl/N-ethyl adjacent to an activating group) is 1. The Morgan fingerprint density at radius 2 is 1.94 bits per heavy atom. The lowest BCUT2D eigenvalue weighted by molar-refractivity contribution is -0.146. The molecule has 0 aromatic heterocycles. The lowest BCUT2D eigenvalue weighted by atomic mass is 10.1. The van der Waals surface area contributed by atoms with Crippen molar-refractivity contribution in [1.29, 1.82) is 0 Å². The summed E-state index contributed by atoms with van der Waals surface area (Å²) in [4.78, 5) is 14.1. The topological polar surface area (TPSA) is 41.6 Å². The highest BCUT2D eigenvalue weighted by molar-refractivity contribution is 5.76. The molecule has 0 bridgehead atoms. The van der Waals surface area contributed by atoms with Crippen molar-refractivity contribution in [2.24, 2.45) is 0 Å². The molecule has 0 saturated carbocycles. The monoisotopic (exact) mass is 258 g/mol. The third kappa shape index (κ3) is 6.97. The van der Waals surface area contributed by atoms with E-state index in [0.717, 1.165) is 25.8 Å². The van der Waals surface area contributed by atoms with Crippen molar-refractivity contribution in [3.05, 3.63) is 0 Å². The maximum Gasteiger partial charge on any atom is 0.324 e. The second kappa shape index (κ2) is 10.3. The number of carbonyl (C=O) groups excluding carboxylic acids is 1. The molecule has 108 valence electrons. The first-order valence-electron chi connectivity index (χ1n) is 7.16. The molecule has 0 aliphatic heterocycles. The van der Waals surface area contributed by atoms with Crippen LogP contribution in [0.5, 0.6) is 0 Å². The Labute approximate surface area is 112 Å². The van der Waals surface area contributed by atoms with Crippen molar-refractivity contribution in [1.82, 2.24) is 10.2 Å². The molecule has 2 atom stereocenters. The second-order valence-corrected chi connectivity index (χ2v) is 4.84. The number of nitrogens with one attached hydrogen (secondary N) is 1. The molecule has 0 fully saturated rings. The van der Waals surface area contributed by atoms with Gasteiger partial charge >= 0.3 is 5.97 Å². The van der Waals surface area contributed by atoms with Crippen LogP contribution in [-0.4, -0.2) is 49.7 Å². The van der Waals surface area contributed by atoms with Gasteiger partial charge in [0.05, 0.1) is 6.61 Å². The van der Waals surface area contributed by atoms with E-state index in [4.69, 9.17) is 4.74 Å². The summed E-state index contributed by atoms with van der Waals surface area (Å²) in [5, 5.41) is 3.27. The van der Waals surface area contributed by atoms with Crippen LogP contribution >= 0.6 is 0 Å². The van der Waals surface area contributed by atoms with E-state index in [1.165, 1.54) is 0 Å². The number of hydrogen-bond acceptors (Lipinski definition) is 4. The van der Waals surface area contributed by atoms with Crippen LogP contribution in [0.3, 0.4) is 0 Å². The summed E-state index contributed by atoms with van der Waals surface area (Å²) in [7, 11) is 2.07. The summed E-state index contributed by atoms with van der Waals surface area (Å²) in [6, 6.07) is 0.282. The molecule has 0 radical (unpaired) electrons. The lowest BCUT2D eigenvalue weighted by Crippen LogP contribution is -2.48. The number of esters is 1. The van der Waals surface area contributed by atoms with Crippen molar-refractivity contribution >= 4 is 5.97 Å². The van der Waals surface area contributed by atoms with Gasteiger partial charge in [0.1, 0.15) is 6.04 Å². The zero-order valence-corrected chi connectivity index (χ0v) is 12.7. The van der Waals surface area contributed by atoms with E-state index in [0.29, 0.717) is 19.2 Å². The highest BCUT2D eigenvalue weighted by atomic mass is 16.5.